The number of aromatic nitrogens is 2. The Kier molecular flexibility index (Phi) is 7.21. The average molecular weight is 443 g/mol. The quantitative estimate of drug-likeness (QED) is 0.382. The van der Waals surface area contributed by atoms with Gasteiger partial charge in [0, 0.05) is 27.1 Å². The normalized spacial score (nSPS) is 11.1. The Morgan fingerprint density at radius 2 is 1.47 bits per heavy atom. The third-order valence-electron chi connectivity index (χ3n) is 3.88. The molecule has 3 aromatic rings. The summed E-state index contributed by atoms with van der Waals surface area (Å²) in [7, 11) is 0. The predicted molar refractivity (Wildman–Crippen MR) is 121 cm³/mol. The minimum atomic E-state index is -0.468. The number of hydrogen-bond donors (Lipinski definition) is 3. The number of carbonyl (C=O) groups is 1. The number of halogens is 2. The average Bonchev–Trinajstić information content (AvgIpc) is 2.68. The minimum Gasteiger partial charge on any atom is -0.308 e. The molecule has 7 nitrogen and oxygen atoms in total. The number of anilines is 2. The number of benzene rings is 2. The van der Waals surface area contributed by atoms with E-state index in [1.807, 2.05) is 32.0 Å². The van der Waals surface area contributed by atoms with Crippen LogP contribution in [-0.4, -0.2) is 22.0 Å². The molecule has 0 saturated carbocycles. The summed E-state index contributed by atoms with van der Waals surface area (Å²) >= 11 is 11.8. The second kappa shape index (κ2) is 10.0. The van der Waals surface area contributed by atoms with Crippen LogP contribution in [0.2, 0.25) is 10.0 Å². The van der Waals surface area contributed by atoms with Crippen LogP contribution in [0.25, 0.3) is 0 Å². The third-order valence-corrected chi connectivity index (χ3v) is 4.38. The number of nitrogens with one attached hydrogen (secondary N) is 3. The fourth-order valence-corrected chi connectivity index (χ4v) is 2.81. The lowest BCUT2D eigenvalue weighted by Crippen LogP contribution is -2.39. The number of aliphatic imine (C=N–C) groups is 1. The summed E-state index contributed by atoms with van der Waals surface area (Å²) in [5, 5.41) is 9.63. The van der Waals surface area contributed by atoms with Crippen LogP contribution < -0.4 is 16.0 Å². The Labute approximate surface area is 184 Å². The molecule has 0 atom stereocenters. The summed E-state index contributed by atoms with van der Waals surface area (Å²) in [6, 6.07) is 15.5. The summed E-state index contributed by atoms with van der Waals surface area (Å²) in [5.41, 5.74) is 3.12. The van der Waals surface area contributed by atoms with Crippen molar-refractivity contribution < 1.29 is 4.79 Å². The maximum atomic E-state index is 12.5. The molecule has 2 amide bonds. The van der Waals surface area contributed by atoms with Gasteiger partial charge in [0.05, 0.1) is 6.54 Å². The van der Waals surface area contributed by atoms with Crippen LogP contribution in [0.3, 0.4) is 0 Å². The summed E-state index contributed by atoms with van der Waals surface area (Å²) in [6.07, 6.45) is 0. The maximum Gasteiger partial charge on any atom is 0.326 e. The van der Waals surface area contributed by atoms with Gasteiger partial charge in [-0.15, -0.1) is 0 Å². The van der Waals surface area contributed by atoms with Gasteiger partial charge < -0.3 is 5.32 Å². The first kappa shape index (κ1) is 21.5. The number of carbonyl (C=O) groups excluding carboxylic acids is 1. The highest BCUT2D eigenvalue weighted by Crippen LogP contribution is 2.13. The van der Waals surface area contributed by atoms with Crippen molar-refractivity contribution in [2.75, 3.05) is 10.6 Å². The zero-order chi connectivity index (χ0) is 21.5. The largest absolute Gasteiger partial charge is 0.326 e. The van der Waals surface area contributed by atoms with Crippen molar-refractivity contribution in [2.45, 2.75) is 20.4 Å². The number of guanidine groups is 1. The van der Waals surface area contributed by atoms with Gasteiger partial charge in [-0.1, -0.05) is 35.3 Å². The molecule has 0 spiro atoms. The summed E-state index contributed by atoms with van der Waals surface area (Å²) in [5.74, 6) is 0.551. The Hall–Kier alpha value is -3.16. The van der Waals surface area contributed by atoms with Crippen LogP contribution >= 0.6 is 23.2 Å². The number of amides is 2. The maximum absolute atomic E-state index is 12.5. The van der Waals surface area contributed by atoms with Gasteiger partial charge in [0.2, 0.25) is 11.9 Å². The molecule has 9 heteroatoms. The van der Waals surface area contributed by atoms with Gasteiger partial charge in [-0.25, -0.2) is 19.8 Å². The van der Waals surface area contributed by atoms with Crippen molar-refractivity contribution in [3.05, 3.63) is 81.6 Å². The molecular weight excluding hydrogens is 423 g/mol. The van der Waals surface area contributed by atoms with Crippen LogP contribution in [0.4, 0.5) is 16.4 Å². The highest BCUT2D eigenvalue weighted by Gasteiger charge is 2.09. The van der Waals surface area contributed by atoms with Gasteiger partial charge >= 0.3 is 6.03 Å². The highest BCUT2D eigenvalue weighted by atomic mass is 35.5. The van der Waals surface area contributed by atoms with Gasteiger partial charge in [-0.05, 0) is 61.9 Å². The van der Waals surface area contributed by atoms with E-state index in [0.29, 0.717) is 28.2 Å². The second-order valence-electron chi connectivity index (χ2n) is 6.48. The van der Waals surface area contributed by atoms with E-state index in [4.69, 9.17) is 23.2 Å². The molecule has 1 heterocycles. The lowest BCUT2D eigenvalue weighted by atomic mass is 10.2. The van der Waals surface area contributed by atoms with Gasteiger partial charge in [-0.2, -0.15) is 0 Å². The Balaban J connectivity index is 1.76. The van der Waals surface area contributed by atoms with E-state index in [2.05, 4.69) is 30.9 Å². The van der Waals surface area contributed by atoms with Crippen molar-refractivity contribution in [3.8, 4) is 0 Å². The molecule has 3 rings (SSSR count). The number of rotatable bonds is 4. The summed E-state index contributed by atoms with van der Waals surface area (Å²) in [6.45, 7) is 4.06. The predicted octanol–water partition coefficient (Wildman–Crippen LogP) is 5.19. The molecule has 154 valence electrons. The molecule has 1 aromatic heterocycles. The first-order valence-corrected chi connectivity index (χ1v) is 9.85. The van der Waals surface area contributed by atoms with Crippen LogP contribution in [0.1, 0.15) is 17.0 Å². The van der Waals surface area contributed by atoms with Crippen molar-refractivity contribution in [3.63, 3.8) is 0 Å². The molecular formula is C21H20Cl2N6O. The van der Waals surface area contributed by atoms with Crippen LogP contribution in [-0.2, 0) is 6.54 Å². The number of hydrogen-bond acceptors (Lipinski definition) is 4. The third kappa shape index (κ3) is 6.72. The van der Waals surface area contributed by atoms with Crippen molar-refractivity contribution in [1.82, 2.24) is 15.3 Å². The van der Waals surface area contributed by atoms with Crippen molar-refractivity contribution >= 4 is 46.8 Å². The molecule has 2 aromatic carbocycles. The fourth-order valence-electron chi connectivity index (χ4n) is 2.56. The van der Waals surface area contributed by atoms with E-state index in [9.17, 15) is 4.79 Å². The summed E-state index contributed by atoms with van der Waals surface area (Å²) in [4.78, 5) is 25.6. The number of urea groups is 1. The SMILES string of the molecule is Cc1cc(C)nc(NC(=NCc2ccc(Cl)cc2)NC(=O)Nc2ccc(Cl)cc2)n1. The highest BCUT2D eigenvalue weighted by molar-refractivity contribution is 6.30. The molecule has 0 fully saturated rings. The second-order valence-corrected chi connectivity index (χ2v) is 7.35. The molecule has 0 aliphatic heterocycles. The van der Waals surface area contributed by atoms with Crippen LogP contribution in [0.15, 0.2) is 59.6 Å². The monoisotopic (exact) mass is 442 g/mol. The van der Waals surface area contributed by atoms with E-state index < -0.39 is 6.03 Å². The molecule has 0 saturated heterocycles. The standard InChI is InChI=1S/C21H20Cl2N6O/c1-13-11-14(2)26-20(25-13)28-19(24-12-15-3-5-16(22)6-4-15)29-21(30)27-18-9-7-17(23)8-10-18/h3-11H,12H2,1-2H3,(H3,24,25,26,27,28,29,30). The molecule has 0 aliphatic carbocycles. The van der Waals surface area contributed by atoms with Gasteiger partial charge in [0.25, 0.3) is 0 Å². The van der Waals surface area contributed by atoms with Crippen molar-refractivity contribution in [1.29, 1.82) is 0 Å². The molecule has 30 heavy (non-hydrogen) atoms. The zero-order valence-corrected chi connectivity index (χ0v) is 17.9. The first-order chi connectivity index (χ1) is 14.4. The Morgan fingerprint density at radius 1 is 0.900 bits per heavy atom. The van der Waals surface area contributed by atoms with E-state index in [1.165, 1.54) is 0 Å². The molecule has 0 aliphatic rings. The molecule has 0 unspecified atom stereocenters. The zero-order valence-electron chi connectivity index (χ0n) is 16.4. The van der Waals surface area contributed by atoms with Gasteiger partial charge in [0.1, 0.15) is 0 Å². The number of aryl methyl sites for hydroxylation is 2. The van der Waals surface area contributed by atoms with Crippen LogP contribution in [0, 0.1) is 13.8 Å². The molecule has 0 bridgehead atoms. The summed E-state index contributed by atoms with van der Waals surface area (Å²) < 4.78 is 0. The smallest absolute Gasteiger partial charge is 0.308 e. The lowest BCUT2D eigenvalue weighted by molar-refractivity contribution is 0.256. The molecule has 0 radical (unpaired) electrons. The minimum absolute atomic E-state index is 0.210. The fraction of sp³-hybridized carbons (Fsp3) is 0.143. The Bertz CT molecular complexity index is 1030. The topological polar surface area (TPSA) is 91.3 Å². The Morgan fingerprint density at radius 3 is 2.07 bits per heavy atom. The molecule has 3 N–H and O–H groups in total. The van der Waals surface area contributed by atoms with Gasteiger partial charge in [-0.3, -0.25) is 10.6 Å². The van der Waals surface area contributed by atoms with E-state index in [0.717, 1.165) is 17.0 Å². The van der Waals surface area contributed by atoms with Crippen molar-refractivity contribution in [2.24, 2.45) is 4.99 Å². The van der Waals surface area contributed by atoms with Crippen LogP contribution in [0.5, 0.6) is 0 Å². The lowest BCUT2D eigenvalue weighted by Gasteiger charge is -2.12. The van der Waals surface area contributed by atoms with E-state index >= 15 is 0 Å². The van der Waals surface area contributed by atoms with E-state index in [1.54, 1.807) is 36.4 Å². The van der Waals surface area contributed by atoms with E-state index in [-0.39, 0.29) is 5.96 Å². The number of nitrogens with zero attached hydrogens (tertiary/aromatic N) is 3. The first-order valence-electron chi connectivity index (χ1n) is 9.09. The van der Waals surface area contributed by atoms with Gasteiger partial charge in [0.15, 0.2) is 0 Å².